The molecular formula is C29H32ClFN6O4. The number of amides is 2. The number of ether oxygens (including phenoxy) is 1. The Hall–Kier alpha value is -4.09. The molecule has 1 atom stereocenters. The second-order valence-corrected chi connectivity index (χ2v) is 11.2. The van der Waals surface area contributed by atoms with Crippen LogP contribution in [0, 0.1) is 19.7 Å². The lowest BCUT2D eigenvalue weighted by atomic mass is 10.1. The van der Waals surface area contributed by atoms with E-state index < -0.39 is 29.5 Å². The molecule has 0 aliphatic rings. The third-order valence-electron chi connectivity index (χ3n) is 6.15. The van der Waals surface area contributed by atoms with Crippen molar-refractivity contribution in [2.75, 3.05) is 5.32 Å². The Kier molecular flexibility index (Phi) is 8.60. The summed E-state index contributed by atoms with van der Waals surface area (Å²) in [6, 6.07) is 6.43. The van der Waals surface area contributed by atoms with Crippen molar-refractivity contribution >= 4 is 40.3 Å². The molecule has 0 saturated carbocycles. The SMILES string of the molecule is Cc1cc(NC(=O)OC(C)(C)C)nc(C)c1CNC(=O)c1cn(Cc2cc(F)c3ncc(Cl)cc3c2)nc1C(C)O. The molecule has 0 aliphatic carbocycles. The molecule has 41 heavy (non-hydrogen) atoms. The number of aliphatic hydroxyl groups is 1. The summed E-state index contributed by atoms with van der Waals surface area (Å²) in [5.41, 5.74) is 2.74. The summed E-state index contributed by atoms with van der Waals surface area (Å²) in [4.78, 5) is 33.8. The van der Waals surface area contributed by atoms with Gasteiger partial charge in [-0.1, -0.05) is 11.6 Å². The van der Waals surface area contributed by atoms with Crippen LogP contribution in [0.25, 0.3) is 10.9 Å². The van der Waals surface area contributed by atoms with Crippen molar-refractivity contribution < 1.29 is 23.8 Å². The normalized spacial score (nSPS) is 12.3. The summed E-state index contributed by atoms with van der Waals surface area (Å²) in [6.07, 6.45) is 1.27. The van der Waals surface area contributed by atoms with E-state index in [2.05, 4.69) is 25.7 Å². The smallest absolute Gasteiger partial charge is 0.413 e. The summed E-state index contributed by atoms with van der Waals surface area (Å²) in [7, 11) is 0. The molecule has 0 saturated heterocycles. The van der Waals surface area contributed by atoms with Gasteiger partial charge >= 0.3 is 6.09 Å². The maximum absolute atomic E-state index is 14.6. The number of aryl methyl sites for hydroxylation is 2. The molecule has 216 valence electrons. The highest BCUT2D eigenvalue weighted by Crippen LogP contribution is 2.23. The third kappa shape index (κ3) is 7.36. The van der Waals surface area contributed by atoms with Crippen LogP contribution in [0.15, 0.2) is 36.7 Å². The average molecular weight is 583 g/mol. The first-order valence-corrected chi connectivity index (χ1v) is 13.3. The van der Waals surface area contributed by atoms with Crippen LogP contribution in [0.1, 0.15) is 72.2 Å². The van der Waals surface area contributed by atoms with Gasteiger partial charge in [0.05, 0.1) is 23.2 Å². The molecule has 3 aromatic heterocycles. The number of nitrogens with zero attached hydrogens (tertiary/aromatic N) is 4. The van der Waals surface area contributed by atoms with Crippen molar-refractivity contribution in [3.8, 4) is 0 Å². The molecule has 2 amide bonds. The van der Waals surface area contributed by atoms with Crippen LogP contribution < -0.4 is 10.6 Å². The zero-order valence-electron chi connectivity index (χ0n) is 23.7. The largest absolute Gasteiger partial charge is 0.444 e. The van der Waals surface area contributed by atoms with Crippen LogP contribution in [-0.2, 0) is 17.8 Å². The fraction of sp³-hybridized carbons (Fsp3) is 0.345. The predicted molar refractivity (Wildman–Crippen MR) is 153 cm³/mol. The number of hydrogen-bond acceptors (Lipinski definition) is 7. The van der Waals surface area contributed by atoms with Crippen LogP contribution >= 0.6 is 11.6 Å². The maximum atomic E-state index is 14.6. The minimum absolute atomic E-state index is 0.153. The molecule has 0 fully saturated rings. The van der Waals surface area contributed by atoms with E-state index in [1.165, 1.54) is 30.1 Å². The van der Waals surface area contributed by atoms with E-state index in [-0.39, 0.29) is 29.9 Å². The van der Waals surface area contributed by atoms with E-state index in [1.54, 1.807) is 45.9 Å². The molecule has 10 nitrogen and oxygen atoms in total. The van der Waals surface area contributed by atoms with Gasteiger partial charge in [0.2, 0.25) is 0 Å². The van der Waals surface area contributed by atoms with E-state index in [0.717, 1.165) is 11.1 Å². The number of halogens is 2. The predicted octanol–water partition coefficient (Wildman–Crippen LogP) is 5.61. The molecule has 12 heteroatoms. The van der Waals surface area contributed by atoms with Crippen molar-refractivity contribution in [1.82, 2.24) is 25.1 Å². The Morgan fingerprint density at radius 3 is 2.59 bits per heavy atom. The van der Waals surface area contributed by atoms with Crippen LogP contribution in [-0.4, -0.2) is 42.5 Å². The molecule has 0 spiro atoms. The van der Waals surface area contributed by atoms with Crippen molar-refractivity contribution in [1.29, 1.82) is 0 Å². The summed E-state index contributed by atoms with van der Waals surface area (Å²) in [5, 5.41) is 21.1. The third-order valence-corrected chi connectivity index (χ3v) is 6.35. The number of hydrogen-bond donors (Lipinski definition) is 3. The molecule has 0 radical (unpaired) electrons. The summed E-state index contributed by atoms with van der Waals surface area (Å²) < 4.78 is 21.4. The number of benzene rings is 1. The van der Waals surface area contributed by atoms with Gasteiger partial charge in [-0.15, -0.1) is 0 Å². The lowest BCUT2D eigenvalue weighted by Crippen LogP contribution is -2.28. The van der Waals surface area contributed by atoms with E-state index in [4.69, 9.17) is 16.3 Å². The lowest BCUT2D eigenvalue weighted by Gasteiger charge is -2.20. The molecule has 3 heterocycles. The number of aliphatic hydroxyl groups excluding tert-OH is 1. The van der Waals surface area contributed by atoms with Crippen molar-refractivity contribution in [3.63, 3.8) is 0 Å². The number of fused-ring (bicyclic) bond motifs is 1. The van der Waals surface area contributed by atoms with Gasteiger partial charge in [-0.2, -0.15) is 5.10 Å². The Morgan fingerprint density at radius 1 is 1.20 bits per heavy atom. The highest BCUT2D eigenvalue weighted by atomic mass is 35.5. The highest BCUT2D eigenvalue weighted by Gasteiger charge is 2.21. The molecule has 0 bridgehead atoms. The fourth-order valence-electron chi connectivity index (χ4n) is 4.38. The van der Waals surface area contributed by atoms with Crippen LogP contribution in [0.3, 0.4) is 0 Å². The van der Waals surface area contributed by atoms with E-state index in [1.807, 2.05) is 6.92 Å². The van der Waals surface area contributed by atoms with Gasteiger partial charge in [0, 0.05) is 30.0 Å². The van der Waals surface area contributed by atoms with Gasteiger partial charge in [-0.25, -0.2) is 14.2 Å². The van der Waals surface area contributed by atoms with Crippen LogP contribution in [0.4, 0.5) is 15.0 Å². The highest BCUT2D eigenvalue weighted by molar-refractivity contribution is 6.31. The molecule has 4 rings (SSSR count). The fourth-order valence-corrected chi connectivity index (χ4v) is 4.54. The Morgan fingerprint density at radius 2 is 1.93 bits per heavy atom. The number of anilines is 1. The zero-order chi connectivity index (χ0) is 30.1. The standard InChI is InChI=1S/C29H32ClFN6O4/c1-15-7-24(35-28(40)41-29(4,5)6)34-16(2)21(15)12-33-27(39)22-14-37(36-25(22)17(3)38)13-18-8-19-10-20(30)11-32-26(19)23(31)9-18/h7-11,14,17,38H,12-13H2,1-6H3,(H,33,39)(H,34,35,40). The number of carbonyl (C=O) groups is 2. The molecule has 0 aliphatic heterocycles. The second-order valence-electron chi connectivity index (χ2n) is 10.8. The number of pyridine rings is 2. The minimum atomic E-state index is -1.02. The van der Waals surface area contributed by atoms with E-state index in [0.29, 0.717) is 27.5 Å². The number of rotatable bonds is 7. The van der Waals surface area contributed by atoms with Crippen LogP contribution in [0.5, 0.6) is 0 Å². The maximum Gasteiger partial charge on any atom is 0.413 e. The Balaban J connectivity index is 1.50. The first kappa shape index (κ1) is 29.9. The summed E-state index contributed by atoms with van der Waals surface area (Å²) in [5.74, 6) is -0.602. The first-order chi connectivity index (χ1) is 19.2. The Bertz CT molecular complexity index is 1610. The van der Waals surface area contributed by atoms with Gasteiger partial charge in [0.15, 0.2) is 0 Å². The molecular weight excluding hydrogens is 551 g/mol. The van der Waals surface area contributed by atoms with Crippen molar-refractivity contribution in [2.24, 2.45) is 0 Å². The molecule has 3 N–H and O–H groups in total. The summed E-state index contributed by atoms with van der Waals surface area (Å²) in [6.45, 7) is 10.8. The van der Waals surface area contributed by atoms with Crippen molar-refractivity contribution in [3.05, 3.63) is 81.1 Å². The number of carbonyl (C=O) groups excluding carboxylic acids is 2. The lowest BCUT2D eigenvalue weighted by molar-refractivity contribution is 0.0635. The topological polar surface area (TPSA) is 131 Å². The number of nitrogens with one attached hydrogen (secondary N) is 2. The molecule has 1 unspecified atom stereocenters. The van der Waals surface area contributed by atoms with E-state index >= 15 is 0 Å². The van der Waals surface area contributed by atoms with Gasteiger partial charge in [0.25, 0.3) is 5.91 Å². The van der Waals surface area contributed by atoms with Gasteiger partial charge in [0.1, 0.15) is 28.4 Å². The average Bonchev–Trinajstić information content (AvgIpc) is 3.26. The molecule has 1 aromatic carbocycles. The van der Waals surface area contributed by atoms with Crippen molar-refractivity contribution in [2.45, 2.75) is 66.3 Å². The number of aromatic nitrogens is 4. The van der Waals surface area contributed by atoms with Gasteiger partial charge in [-0.3, -0.25) is 19.8 Å². The first-order valence-electron chi connectivity index (χ1n) is 12.9. The Labute approximate surface area is 241 Å². The molecule has 4 aromatic rings. The van der Waals surface area contributed by atoms with Gasteiger partial charge in [-0.05, 0) is 82.5 Å². The zero-order valence-corrected chi connectivity index (χ0v) is 24.4. The summed E-state index contributed by atoms with van der Waals surface area (Å²) >= 11 is 6.02. The minimum Gasteiger partial charge on any atom is -0.444 e. The van der Waals surface area contributed by atoms with E-state index in [9.17, 15) is 19.1 Å². The monoisotopic (exact) mass is 582 g/mol. The van der Waals surface area contributed by atoms with Crippen LogP contribution in [0.2, 0.25) is 5.02 Å². The van der Waals surface area contributed by atoms with Gasteiger partial charge < -0.3 is 15.2 Å². The second kappa shape index (κ2) is 11.8. The quantitative estimate of drug-likeness (QED) is 0.258.